The number of hydrogen-bond acceptors (Lipinski definition) is 3. The van der Waals surface area contributed by atoms with Gasteiger partial charge in [0.25, 0.3) is 0 Å². The van der Waals surface area contributed by atoms with Crippen LogP contribution in [0, 0.1) is 0 Å². The molecule has 5 heteroatoms. The number of aromatic nitrogens is 2. The summed E-state index contributed by atoms with van der Waals surface area (Å²) in [5, 5.41) is 0. The highest BCUT2D eigenvalue weighted by molar-refractivity contribution is 5.75. The number of carbonyl (C=O) groups excluding carboxylic acids is 1. The van der Waals surface area contributed by atoms with Gasteiger partial charge in [0.05, 0.1) is 6.54 Å². The highest BCUT2D eigenvalue weighted by Crippen LogP contribution is 2.16. The molecule has 1 amide bonds. The van der Waals surface area contributed by atoms with Crippen molar-refractivity contribution < 1.29 is 4.79 Å². The van der Waals surface area contributed by atoms with E-state index in [4.69, 9.17) is 5.73 Å². The van der Waals surface area contributed by atoms with Crippen LogP contribution in [0.5, 0.6) is 0 Å². The van der Waals surface area contributed by atoms with Crippen LogP contribution in [0.25, 0.3) is 0 Å². The van der Waals surface area contributed by atoms with Crippen molar-refractivity contribution in [3.8, 4) is 0 Å². The zero-order valence-electron chi connectivity index (χ0n) is 12.6. The average Bonchev–Trinajstić information content (AvgIpc) is 2.90. The molecule has 0 saturated heterocycles. The van der Waals surface area contributed by atoms with Gasteiger partial charge in [-0.1, -0.05) is 30.3 Å². The van der Waals surface area contributed by atoms with Crippen LogP contribution in [0.4, 0.5) is 0 Å². The molecular weight excluding hydrogens is 264 g/mol. The third-order valence-electron chi connectivity index (χ3n) is 3.62. The SMILES string of the molecule is CN(Cc1nccn1C)C(=O)CCC(N)c1ccccc1. The normalized spacial score (nSPS) is 12.1. The second kappa shape index (κ2) is 7.04. The summed E-state index contributed by atoms with van der Waals surface area (Å²) in [5.41, 5.74) is 7.18. The Morgan fingerprint density at radius 1 is 1.38 bits per heavy atom. The van der Waals surface area contributed by atoms with Crippen molar-refractivity contribution in [3.05, 3.63) is 54.1 Å². The van der Waals surface area contributed by atoms with E-state index in [2.05, 4.69) is 4.98 Å². The first-order valence-corrected chi connectivity index (χ1v) is 7.08. The zero-order chi connectivity index (χ0) is 15.2. The minimum atomic E-state index is -0.100. The van der Waals surface area contributed by atoms with Gasteiger partial charge in [-0.2, -0.15) is 0 Å². The molecule has 21 heavy (non-hydrogen) atoms. The van der Waals surface area contributed by atoms with E-state index in [1.165, 1.54) is 0 Å². The monoisotopic (exact) mass is 286 g/mol. The highest BCUT2D eigenvalue weighted by Gasteiger charge is 2.14. The Labute approximate surface area is 125 Å². The maximum absolute atomic E-state index is 12.1. The van der Waals surface area contributed by atoms with Gasteiger partial charge in [0.15, 0.2) is 0 Å². The smallest absolute Gasteiger partial charge is 0.222 e. The zero-order valence-corrected chi connectivity index (χ0v) is 12.6. The van der Waals surface area contributed by atoms with E-state index in [-0.39, 0.29) is 11.9 Å². The van der Waals surface area contributed by atoms with Gasteiger partial charge in [-0.05, 0) is 12.0 Å². The minimum Gasteiger partial charge on any atom is -0.338 e. The number of aryl methyl sites for hydroxylation is 1. The summed E-state index contributed by atoms with van der Waals surface area (Å²) >= 11 is 0. The summed E-state index contributed by atoms with van der Waals surface area (Å²) in [6.45, 7) is 0.517. The van der Waals surface area contributed by atoms with Crippen LogP contribution in [-0.4, -0.2) is 27.4 Å². The molecular formula is C16H22N4O. The summed E-state index contributed by atoms with van der Waals surface area (Å²) in [4.78, 5) is 18.1. The Morgan fingerprint density at radius 2 is 2.10 bits per heavy atom. The summed E-state index contributed by atoms with van der Waals surface area (Å²) in [7, 11) is 3.72. The molecule has 0 saturated carbocycles. The molecule has 2 N–H and O–H groups in total. The van der Waals surface area contributed by atoms with Crippen molar-refractivity contribution in [1.82, 2.24) is 14.5 Å². The second-order valence-corrected chi connectivity index (χ2v) is 5.26. The van der Waals surface area contributed by atoms with Gasteiger partial charge in [0.1, 0.15) is 5.82 Å². The molecule has 1 heterocycles. The predicted molar refractivity (Wildman–Crippen MR) is 82.3 cm³/mol. The fraction of sp³-hybridized carbons (Fsp3) is 0.375. The molecule has 1 aromatic heterocycles. The molecule has 0 spiro atoms. The van der Waals surface area contributed by atoms with E-state index in [1.54, 1.807) is 18.1 Å². The van der Waals surface area contributed by atoms with Gasteiger partial charge in [0, 0.05) is 39.0 Å². The van der Waals surface area contributed by atoms with Crippen molar-refractivity contribution in [2.75, 3.05) is 7.05 Å². The third kappa shape index (κ3) is 4.16. The largest absolute Gasteiger partial charge is 0.338 e. The molecule has 0 aliphatic rings. The van der Waals surface area contributed by atoms with Gasteiger partial charge < -0.3 is 15.2 Å². The topological polar surface area (TPSA) is 64.2 Å². The maximum Gasteiger partial charge on any atom is 0.222 e. The van der Waals surface area contributed by atoms with Crippen LogP contribution in [0.3, 0.4) is 0 Å². The number of imidazole rings is 1. The van der Waals surface area contributed by atoms with Gasteiger partial charge in [0.2, 0.25) is 5.91 Å². The Bertz CT molecular complexity index is 579. The first-order valence-electron chi connectivity index (χ1n) is 7.08. The lowest BCUT2D eigenvalue weighted by Crippen LogP contribution is -2.28. The van der Waals surface area contributed by atoms with Gasteiger partial charge in [-0.25, -0.2) is 4.98 Å². The van der Waals surface area contributed by atoms with Gasteiger partial charge in [-0.3, -0.25) is 4.79 Å². The van der Waals surface area contributed by atoms with Crippen molar-refractivity contribution in [3.63, 3.8) is 0 Å². The summed E-state index contributed by atoms with van der Waals surface area (Å²) in [5.74, 6) is 0.961. The van der Waals surface area contributed by atoms with E-state index in [9.17, 15) is 4.79 Å². The fourth-order valence-electron chi connectivity index (χ4n) is 2.19. The van der Waals surface area contributed by atoms with Crippen LogP contribution < -0.4 is 5.73 Å². The standard InChI is InChI=1S/C16H22N4O/c1-19-11-10-18-15(19)12-20(2)16(21)9-8-14(17)13-6-4-3-5-7-13/h3-7,10-11,14H,8-9,12,17H2,1-2H3. The maximum atomic E-state index is 12.1. The van der Waals surface area contributed by atoms with Crippen molar-refractivity contribution in [2.45, 2.75) is 25.4 Å². The molecule has 5 nitrogen and oxygen atoms in total. The number of nitrogens with two attached hydrogens (primary N) is 1. The Morgan fingerprint density at radius 3 is 2.71 bits per heavy atom. The van der Waals surface area contributed by atoms with E-state index in [0.29, 0.717) is 19.4 Å². The minimum absolute atomic E-state index is 0.0874. The predicted octanol–water partition coefficient (Wildman–Crippen LogP) is 1.86. The van der Waals surface area contributed by atoms with Crippen molar-refractivity contribution in [1.29, 1.82) is 0 Å². The molecule has 1 unspecified atom stereocenters. The second-order valence-electron chi connectivity index (χ2n) is 5.26. The van der Waals surface area contributed by atoms with Crippen LogP contribution in [0.1, 0.15) is 30.3 Å². The molecule has 0 radical (unpaired) electrons. The number of hydrogen-bond donors (Lipinski definition) is 1. The molecule has 1 atom stereocenters. The lowest BCUT2D eigenvalue weighted by atomic mass is 10.0. The lowest BCUT2D eigenvalue weighted by molar-refractivity contribution is -0.130. The van der Waals surface area contributed by atoms with Crippen LogP contribution in [-0.2, 0) is 18.4 Å². The number of rotatable bonds is 6. The molecule has 0 aliphatic heterocycles. The summed E-state index contributed by atoms with van der Waals surface area (Å²) < 4.78 is 1.92. The molecule has 2 rings (SSSR count). The number of benzene rings is 1. The molecule has 0 fully saturated rings. The average molecular weight is 286 g/mol. The van der Waals surface area contributed by atoms with E-state index >= 15 is 0 Å². The van der Waals surface area contributed by atoms with E-state index < -0.39 is 0 Å². The van der Waals surface area contributed by atoms with Crippen LogP contribution >= 0.6 is 0 Å². The van der Waals surface area contributed by atoms with Gasteiger partial charge >= 0.3 is 0 Å². The van der Waals surface area contributed by atoms with Crippen molar-refractivity contribution in [2.24, 2.45) is 12.8 Å². The summed E-state index contributed by atoms with van der Waals surface area (Å²) in [6.07, 6.45) is 4.70. The quantitative estimate of drug-likeness (QED) is 0.881. The fourth-order valence-corrected chi connectivity index (χ4v) is 2.19. The molecule has 2 aromatic rings. The lowest BCUT2D eigenvalue weighted by Gasteiger charge is -2.18. The third-order valence-corrected chi connectivity index (χ3v) is 3.62. The first kappa shape index (κ1) is 15.3. The molecule has 0 aliphatic carbocycles. The first-order chi connectivity index (χ1) is 10.1. The van der Waals surface area contributed by atoms with Crippen LogP contribution in [0.2, 0.25) is 0 Å². The highest BCUT2D eigenvalue weighted by atomic mass is 16.2. The van der Waals surface area contributed by atoms with E-state index in [0.717, 1.165) is 11.4 Å². The Hall–Kier alpha value is -2.14. The number of nitrogens with zero attached hydrogens (tertiary/aromatic N) is 3. The number of amides is 1. The summed E-state index contributed by atoms with van der Waals surface area (Å²) in [6, 6.07) is 9.77. The Kier molecular flexibility index (Phi) is 5.11. The van der Waals surface area contributed by atoms with E-state index in [1.807, 2.05) is 48.1 Å². The van der Waals surface area contributed by atoms with Gasteiger partial charge in [-0.15, -0.1) is 0 Å². The van der Waals surface area contributed by atoms with Crippen LogP contribution in [0.15, 0.2) is 42.7 Å². The molecule has 112 valence electrons. The molecule has 1 aromatic carbocycles. The van der Waals surface area contributed by atoms with Crippen molar-refractivity contribution >= 4 is 5.91 Å². The molecule has 0 bridgehead atoms. The Balaban J connectivity index is 1.83. The number of carbonyl (C=O) groups is 1.